The summed E-state index contributed by atoms with van der Waals surface area (Å²) in [5.41, 5.74) is 8.09. The maximum atomic E-state index is 6.39. The highest BCUT2D eigenvalue weighted by atomic mass is 35.5. The summed E-state index contributed by atoms with van der Waals surface area (Å²) < 4.78 is 2.17. The van der Waals surface area contributed by atoms with Crippen LogP contribution in [0.15, 0.2) is 18.2 Å². The zero-order valence-electron chi connectivity index (χ0n) is 11.7. The Morgan fingerprint density at radius 2 is 2.20 bits per heavy atom. The van der Waals surface area contributed by atoms with Gasteiger partial charge in [0, 0.05) is 6.04 Å². The van der Waals surface area contributed by atoms with Gasteiger partial charge in [0.25, 0.3) is 0 Å². The molecule has 3 nitrogen and oxygen atoms in total. The molecule has 2 saturated carbocycles. The Morgan fingerprint density at radius 1 is 1.35 bits per heavy atom. The number of imidazole rings is 1. The van der Waals surface area contributed by atoms with Crippen molar-refractivity contribution in [1.29, 1.82) is 0 Å². The number of halogens is 1. The summed E-state index contributed by atoms with van der Waals surface area (Å²) in [6, 6.07) is 6.23. The van der Waals surface area contributed by atoms with E-state index in [-0.39, 0.29) is 0 Å². The molecule has 2 bridgehead atoms. The van der Waals surface area contributed by atoms with Crippen LogP contribution in [0, 0.1) is 17.8 Å². The van der Waals surface area contributed by atoms with E-state index in [4.69, 9.17) is 17.3 Å². The topological polar surface area (TPSA) is 43.8 Å². The molecule has 20 heavy (non-hydrogen) atoms. The van der Waals surface area contributed by atoms with Gasteiger partial charge in [-0.1, -0.05) is 24.1 Å². The number of para-hydroxylation sites is 1. The van der Waals surface area contributed by atoms with Crippen LogP contribution in [0.25, 0.3) is 11.0 Å². The van der Waals surface area contributed by atoms with Crippen molar-refractivity contribution in [3.63, 3.8) is 0 Å². The van der Waals surface area contributed by atoms with Crippen molar-refractivity contribution in [1.82, 2.24) is 9.55 Å². The second kappa shape index (κ2) is 4.39. The molecule has 4 heteroatoms. The molecule has 106 valence electrons. The normalized spacial score (nSPS) is 30.2. The number of benzene rings is 1. The highest BCUT2D eigenvalue weighted by Crippen LogP contribution is 2.52. The summed E-state index contributed by atoms with van der Waals surface area (Å²) in [6.07, 6.45) is 5.57. The highest BCUT2D eigenvalue weighted by Gasteiger charge is 2.42. The first kappa shape index (κ1) is 12.5. The fourth-order valence-electron chi connectivity index (χ4n) is 4.61. The fourth-order valence-corrected chi connectivity index (χ4v) is 4.87. The number of rotatable bonds is 2. The van der Waals surface area contributed by atoms with Crippen LogP contribution in [0.3, 0.4) is 0 Å². The molecule has 0 amide bonds. The van der Waals surface area contributed by atoms with E-state index in [2.05, 4.69) is 16.5 Å². The van der Waals surface area contributed by atoms with Gasteiger partial charge in [-0.2, -0.15) is 0 Å². The van der Waals surface area contributed by atoms with E-state index in [1.54, 1.807) is 0 Å². The summed E-state index contributed by atoms with van der Waals surface area (Å²) in [5.74, 6) is 3.14. The third-order valence-electron chi connectivity index (χ3n) is 5.51. The lowest BCUT2D eigenvalue weighted by Crippen LogP contribution is -2.23. The second-order valence-corrected chi connectivity index (χ2v) is 6.93. The van der Waals surface area contributed by atoms with Gasteiger partial charge in [-0.05, 0) is 56.1 Å². The number of nitrogens with zero attached hydrogens (tertiary/aromatic N) is 2. The maximum absolute atomic E-state index is 6.39. The first-order chi connectivity index (χ1) is 9.65. The summed E-state index contributed by atoms with van der Waals surface area (Å²) >= 11 is 6.39. The minimum absolute atomic E-state index is 0.384. The zero-order valence-corrected chi connectivity index (χ0v) is 12.5. The Kier molecular flexibility index (Phi) is 2.75. The third kappa shape index (κ3) is 1.69. The predicted molar refractivity (Wildman–Crippen MR) is 82.8 cm³/mol. The summed E-state index contributed by atoms with van der Waals surface area (Å²) in [5, 5.41) is 0.752. The molecule has 2 aliphatic rings. The largest absolute Gasteiger partial charge is 0.369 e. The fraction of sp³-hybridized carbons (Fsp3) is 0.562. The summed E-state index contributed by atoms with van der Waals surface area (Å²) in [7, 11) is 0. The van der Waals surface area contributed by atoms with Gasteiger partial charge >= 0.3 is 0 Å². The number of nitrogen functional groups attached to an aromatic ring is 1. The molecule has 0 radical (unpaired) electrons. The van der Waals surface area contributed by atoms with Gasteiger partial charge in [-0.25, -0.2) is 4.98 Å². The van der Waals surface area contributed by atoms with E-state index in [9.17, 15) is 0 Å². The molecule has 0 aliphatic heterocycles. The molecule has 1 aromatic carbocycles. The summed E-state index contributed by atoms with van der Waals surface area (Å²) in [4.78, 5) is 4.48. The van der Waals surface area contributed by atoms with Crippen LogP contribution in [-0.4, -0.2) is 9.55 Å². The molecule has 4 unspecified atom stereocenters. The highest BCUT2D eigenvalue weighted by molar-refractivity contribution is 6.35. The lowest BCUT2D eigenvalue weighted by molar-refractivity contribution is 0.248. The Morgan fingerprint density at radius 3 is 2.90 bits per heavy atom. The standard InChI is InChI=1S/C16H20ClN3/c1-9(12-8-10-5-6-11(12)7-10)20-15-13(17)3-2-4-14(15)19-16(20)18/h2-4,9-12H,5-8H2,1H3,(H2,18,19). The van der Waals surface area contributed by atoms with Crippen molar-refractivity contribution in [2.75, 3.05) is 5.73 Å². The number of hydrogen-bond donors (Lipinski definition) is 1. The molecule has 4 rings (SSSR count). The average molecular weight is 290 g/mol. The van der Waals surface area contributed by atoms with Gasteiger partial charge in [0.2, 0.25) is 5.95 Å². The molecular formula is C16H20ClN3. The van der Waals surface area contributed by atoms with Crippen molar-refractivity contribution in [3.05, 3.63) is 23.2 Å². The Hall–Kier alpha value is -1.22. The van der Waals surface area contributed by atoms with E-state index in [0.717, 1.165) is 33.8 Å². The Balaban J connectivity index is 1.80. The van der Waals surface area contributed by atoms with Gasteiger partial charge in [0.1, 0.15) is 0 Å². The molecule has 0 saturated heterocycles. The zero-order chi connectivity index (χ0) is 13.9. The van der Waals surface area contributed by atoms with E-state index in [1.165, 1.54) is 25.7 Å². The van der Waals surface area contributed by atoms with E-state index in [0.29, 0.717) is 12.0 Å². The Labute approximate surface area is 124 Å². The molecule has 1 aromatic heterocycles. The van der Waals surface area contributed by atoms with Gasteiger partial charge in [0.15, 0.2) is 0 Å². The molecule has 2 aromatic rings. The third-order valence-corrected chi connectivity index (χ3v) is 5.81. The van der Waals surface area contributed by atoms with Crippen molar-refractivity contribution in [2.45, 2.75) is 38.6 Å². The van der Waals surface area contributed by atoms with Gasteiger partial charge in [-0.15, -0.1) is 0 Å². The minimum atomic E-state index is 0.384. The molecule has 2 N–H and O–H groups in total. The number of hydrogen-bond acceptors (Lipinski definition) is 2. The van der Waals surface area contributed by atoms with Crippen molar-refractivity contribution in [3.8, 4) is 0 Å². The van der Waals surface area contributed by atoms with E-state index < -0.39 is 0 Å². The maximum Gasteiger partial charge on any atom is 0.201 e. The lowest BCUT2D eigenvalue weighted by Gasteiger charge is -2.30. The van der Waals surface area contributed by atoms with Crippen molar-refractivity contribution in [2.24, 2.45) is 17.8 Å². The van der Waals surface area contributed by atoms with Crippen molar-refractivity contribution < 1.29 is 0 Å². The SMILES string of the molecule is CC(C1CC2CCC1C2)n1c(N)nc2cccc(Cl)c21. The summed E-state index contributed by atoms with van der Waals surface area (Å²) in [6.45, 7) is 2.28. The number of aromatic nitrogens is 2. The molecule has 0 spiro atoms. The van der Waals surface area contributed by atoms with E-state index in [1.807, 2.05) is 18.2 Å². The van der Waals surface area contributed by atoms with Crippen LogP contribution in [0.4, 0.5) is 5.95 Å². The van der Waals surface area contributed by atoms with Gasteiger partial charge in [-0.3, -0.25) is 0 Å². The van der Waals surface area contributed by atoms with Gasteiger partial charge in [0.05, 0.1) is 16.1 Å². The molecule has 4 atom stereocenters. The molecular weight excluding hydrogens is 270 g/mol. The van der Waals surface area contributed by atoms with Crippen molar-refractivity contribution >= 4 is 28.6 Å². The average Bonchev–Trinajstić information content (AvgIpc) is 3.11. The van der Waals surface area contributed by atoms with Crippen LogP contribution in [0.5, 0.6) is 0 Å². The van der Waals surface area contributed by atoms with Crippen LogP contribution in [0.2, 0.25) is 5.02 Å². The van der Waals surface area contributed by atoms with Crippen LogP contribution < -0.4 is 5.73 Å². The molecule has 2 aliphatic carbocycles. The van der Waals surface area contributed by atoms with Gasteiger partial charge < -0.3 is 10.3 Å². The monoisotopic (exact) mass is 289 g/mol. The van der Waals surface area contributed by atoms with Crippen LogP contribution in [0.1, 0.15) is 38.6 Å². The lowest BCUT2D eigenvalue weighted by atomic mass is 9.84. The smallest absolute Gasteiger partial charge is 0.201 e. The van der Waals surface area contributed by atoms with E-state index >= 15 is 0 Å². The number of anilines is 1. The predicted octanol–water partition coefficient (Wildman–Crippen LogP) is 4.27. The number of nitrogens with two attached hydrogens (primary N) is 1. The Bertz CT molecular complexity index is 663. The molecule has 2 fully saturated rings. The van der Waals surface area contributed by atoms with Crippen LogP contribution in [-0.2, 0) is 0 Å². The minimum Gasteiger partial charge on any atom is -0.369 e. The molecule has 1 heterocycles. The second-order valence-electron chi connectivity index (χ2n) is 6.53. The first-order valence-corrected chi connectivity index (χ1v) is 7.95. The first-order valence-electron chi connectivity index (χ1n) is 7.57. The number of fused-ring (bicyclic) bond motifs is 3. The quantitative estimate of drug-likeness (QED) is 0.897. The van der Waals surface area contributed by atoms with Crippen LogP contribution >= 0.6 is 11.6 Å².